The summed E-state index contributed by atoms with van der Waals surface area (Å²) in [5.41, 5.74) is 1.27. The fraction of sp³-hybridized carbons (Fsp3) is 0.348. The molecule has 1 aliphatic heterocycles. The van der Waals surface area contributed by atoms with Crippen LogP contribution in [0.3, 0.4) is 0 Å². The summed E-state index contributed by atoms with van der Waals surface area (Å²) < 4.78 is 5.54. The summed E-state index contributed by atoms with van der Waals surface area (Å²) in [6.45, 7) is 5.09. The fourth-order valence-corrected chi connectivity index (χ4v) is 4.68. The number of nitrogens with zero attached hydrogens (tertiary/aromatic N) is 2. The van der Waals surface area contributed by atoms with Crippen molar-refractivity contribution < 1.29 is 4.74 Å². The molecule has 0 aliphatic carbocycles. The topological polar surface area (TPSA) is 48.9 Å². The summed E-state index contributed by atoms with van der Waals surface area (Å²) in [6.07, 6.45) is 0. The monoisotopic (exact) mass is 408 g/mol. The highest BCUT2D eigenvalue weighted by molar-refractivity contribution is 7.10. The molecular formula is C23H28N4OS. The third kappa shape index (κ3) is 4.96. The molecule has 0 bridgehead atoms. The van der Waals surface area contributed by atoms with E-state index in [1.165, 1.54) is 21.2 Å². The van der Waals surface area contributed by atoms with Crippen LogP contribution in [0.1, 0.15) is 16.5 Å². The largest absolute Gasteiger partial charge is 0.379 e. The number of nitrogens with one attached hydrogen (secondary N) is 2. The maximum atomic E-state index is 5.54. The molecule has 0 amide bonds. The predicted molar refractivity (Wildman–Crippen MR) is 122 cm³/mol. The van der Waals surface area contributed by atoms with E-state index in [2.05, 4.69) is 80.5 Å². The van der Waals surface area contributed by atoms with Crippen LogP contribution in [-0.2, 0) is 11.3 Å². The summed E-state index contributed by atoms with van der Waals surface area (Å²) in [4.78, 5) is 8.32. The summed E-state index contributed by atoms with van der Waals surface area (Å²) in [5.74, 6) is 0.827. The van der Waals surface area contributed by atoms with Gasteiger partial charge in [-0.2, -0.15) is 0 Å². The Morgan fingerprint density at radius 2 is 1.90 bits per heavy atom. The zero-order valence-electron chi connectivity index (χ0n) is 16.8. The zero-order valence-corrected chi connectivity index (χ0v) is 17.6. The second kappa shape index (κ2) is 9.87. The Bertz CT molecular complexity index is 930. The Kier molecular flexibility index (Phi) is 6.77. The van der Waals surface area contributed by atoms with Gasteiger partial charge in [-0.05, 0) is 27.8 Å². The lowest BCUT2D eigenvalue weighted by molar-refractivity contribution is 0.0177. The predicted octanol–water partition coefficient (Wildman–Crippen LogP) is 3.64. The van der Waals surface area contributed by atoms with Crippen LogP contribution >= 0.6 is 11.3 Å². The zero-order chi connectivity index (χ0) is 19.9. The van der Waals surface area contributed by atoms with Gasteiger partial charge < -0.3 is 15.4 Å². The summed E-state index contributed by atoms with van der Waals surface area (Å²) >= 11 is 1.81. The smallest absolute Gasteiger partial charge is 0.191 e. The van der Waals surface area contributed by atoms with Gasteiger partial charge >= 0.3 is 0 Å². The third-order valence-corrected chi connectivity index (χ3v) is 6.34. The molecule has 1 unspecified atom stereocenters. The van der Waals surface area contributed by atoms with Crippen LogP contribution < -0.4 is 10.6 Å². The van der Waals surface area contributed by atoms with E-state index in [0.29, 0.717) is 6.04 Å². The molecule has 1 aromatic heterocycles. The van der Waals surface area contributed by atoms with Crippen LogP contribution in [0.5, 0.6) is 0 Å². The lowest BCUT2D eigenvalue weighted by Crippen LogP contribution is -2.46. The van der Waals surface area contributed by atoms with E-state index < -0.39 is 0 Å². The number of hydrogen-bond donors (Lipinski definition) is 2. The molecule has 2 N–H and O–H groups in total. The Morgan fingerprint density at radius 3 is 2.69 bits per heavy atom. The van der Waals surface area contributed by atoms with Crippen molar-refractivity contribution in [3.63, 3.8) is 0 Å². The summed E-state index contributed by atoms with van der Waals surface area (Å²) in [5, 5.41) is 11.7. The molecule has 1 saturated heterocycles. The van der Waals surface area contributed by atoms with Crippen LogP contribution in [0.25, 0.3) is 10.8 Å². The van der Waals surface area contributed by atoms with E-state index in [-0.39, 0.29) is 0 Å². The van der Waals surface area contributed by atoms with Crippen LogP contribution in [0.2, 0.25) is 0 Å². The number of thiophene rings is 1. The van der Waals surface area contributed by atoms with E-state index in [0.717, 1.165) is 45.4 Å². The molecule has 6 heteroatoms. The van der Waals surface area contributed by atoms with Crippen LogP contribution in [0.4, 0.5) is 0 Å². The van der Waals surface area contributed by atoms with Gasteiger partial charge in [0.2, 0.25) is 0 Å². The van der Waals surface area contributed by atoms with Crippen LogP contribution in [0, 0.1) is 0 Å². The summed E-state index contributed by atoms with van der Waals surface area (Å²) in [6, 6.07) is 19.6. The number of guanidine groups is 1. The first kappa shape index (κ1) is 19.9. The number of ether oxygens (including phenoxy) is 1. The molecule has 152 valence electrons. The first-order valence-electron chi connectivity index (χ1n) is 10.1. The van der Waals surface area contributed by atoms with Gasteiger partial charge in [0.25, 0.3) is 0 Å². The van der Waals surface area contributed by atoms with Gasteiger partial charge in [0.05, 0.1) is 19.3 Å². The van der Waals surface area contributed by atoms with Gasteiger partial charge in [0.1, 0.15) is 0 Å². The maximum Gasteiger partial charge on any atom is 0.191 e. The minimum absolute atomic E-state index is 0.329. The van der Waals surface area contributed by atoms with Gasteiger partial charge in [0, 0.05) is 38.1 Å². The van der Waals surface area contributed by atoms with Gasteiger partial charge in [-0.1, -0.05) is 48.5 Å². The average Bonchev–Trinajstić information content (AvgIpc) is 3.31. The molecule has 2 aromatic carbocycles. The van der Waals surface area contributed by atoms with E-state index in [4.69, 9.17) is 4.74 Å². The molecule has 5 nitrogen and oxygen atoms in total. The van der Waals surface area contributed by atoms with Crippen molar-refractivity contribution >= 4 is 28.1 Å². The number of rotatable bonds is 6. The third-order valence-electron chi connectivity index (χ3n) is 5.37. The minimum Gasteiger partial charge on any atom is -0.379 e. The van der Waals surface area contributed by atoms with E-state index in [1.807, 2.05) is 18.4 Å². The number of fused-ring (bicyclic) bond motifs is 1. The second-order valence-corrected chi connectivity index (χ2v) is 8.10. The Hall–Kier alpha value is -2.41. The van der Waals surface area contributed by atoms with Crippen LogP contribution in [0.15, 0.2) is 65.0 Å². The molecular weight excluding hydrogens is 380 g/mol. The molecule has 0 saturated carbocycles. The second-order valence-electron chi connectivity index (χ2n) is 7.12. The highest BCUT2D eigenvalue weighted by Gasteiger charge is 2.23. The van der Waals surface area contributed by atoms with Gasteiger partial charge in [-0.15, -0.1) is 11.3 Å². The Morgan fingerprint density at radius 1 is 1.07 bits per heavy atom. The SMILES string of the molecule is CN=C(NCc1cccc2ccccc12)NCC(c1cccs1)N1CCOCC1. The highest BCUT2D eigenvalue weighted by atomic mass is 32.1. The van der Waals surface area contributed by atoms with Crippen molar-refractivity contribution in [2.75, 3.05) is 39.9 Å². The molecule has 0 radical (unpaired) electrons. The van der Waals surface area contributed by atoms with Crippen molar-refractivity contribution in [2.24, 2.45) is 4.99 Å². The van der Waals surface area contributed by atoms with Gasteiger partial charge in [-0.25, -0.2) is 0 Å². The fourth-order valence-electron chi connectivity index (χ4n) is 3.82. The van der Waals surface area contributed by atoms with Crippen molar-refractivity contribution in [1.29, 1.82) is 0 Å². The van der Waals surface area contributed by atoms with Crippen molar-refractivity contribution in [3.8, 4) is 0 Å². The highest BCUT2D eigenvalue weighted by Crippen LogP contribution is 2.25. The lowest BCUT2D eigenvalue weighted by Gasteiger charge is -2.34. The molecule has 3 aromatic rings. The lowest BCUT2D eigenvalue weighted by atomic mass is 10.0. The van der Waals surface area contributed by atoms with Crippen molar-refractivity contribution in [2.45, 2.75) is 12.6 Å². The minimum atomic E-state index is 0.329. The number of hydrogen-bond acceptors (Lipinski definition) is 4. The van der Waals surface area contributed by atoms with Crippen molar-refractivity contribution in [3.05, 3.63) is 70.4 Å². The van der Waals surface area contributed by atoms with E-state index in [1.54, 1.807) is 0 Å². The standard InChI is InChI=1S/C23H28N4OS/c1-24-23(25-16-19-8-4-7-18-6-2-3-9-20(18)19)26-17-21(22-10-5-15-29-22)27-11-13-28-14-12-27/h2-10,15,21H,11-14,16-17H2,1H3,(H2,24,25,26). The molecule has 1 aliphatic rings. The van der Waals surface area contributed by atoms with Crippen molar-refractivity contribution in [1.82, 2.24) is 15.5 Å². The Balaban J connectivity index is 1.40. The molecule has 4 rings (SSSR count). The first-order chi connectivity index (χ1) is 14.3. The molecule has 2 heterocycles. The number of benzene rings is 2. The normalized spacial score (nSPS) is 16.7. The van der Waals surface area contributed by atoms with Crippen LogP contribution in [-0.4, -0.2) is 50.8 Å². The number of aliphatic imine (C=N–C) groups is 1. The molecule has 0 spiro atoms. The summed E-state index contributed by atoms with van der Waals surface area (Å²) in [7, 11) is 1.83. The van der Waals surface area contributed by atoms with E-state index in [9.17, 15) is 0 Å². The Labute approximate surface area is 176 Å². The first-order valence-corrected chi connectivity index (χ1v) is 11.0. The average molecular weight is 409 g/mol. The van der Waals surface area contributed by atoms with E-state index >= 15 is 0 Å². The molecule has 1 atom stereocenters. The number of morpholine rings is 1. The molecule has 29 heavy (non-hydrogen) atoms. The molecule has 1 fully saturated rings. The maximum absolute atomic E-state index is 5.54. The van der Waals surface area contributed by atoms with Gasteiger partial charge in [-0.3, -0.25) is 9.89 Å². The quantitative estimate of drug-likeness (QED) is 0.483. The van der Waals surface area contributed by atoms with Gasteiger partial charge in [0.15, 0.2) is 5.96 Å².